The van der Waals surface area contributed by atoms with Crippen LogP contribution in [-0.4, -0.2) is 29.6 Å². The maximum atomic E-state index is 12.8. The Kier molecular flexibility index (Phi) is 4.18. The Labute approximate surface area is 158 Å². The molecule has 7 nitrogen and oxygen atoms in total. The van der Waals surface area contributed by atoms with Crippen LogP contribution in [0.2, 0.25) is 0 Å². The van der Waals surface area contributed by atoms with Gasteiger partial charge >= 0.3 is 0 Å². The van der Waals surface area contributed by atoms with Crippen molar-refractivity contribution in [3.8, 4) is 0 Å². The summed E-state index contributed by atoms with van der Waals surface area (Å²) in [6.07, 6.45) is 5.44. The zero-order chi connectivity index (χ0) is 19.3. The van der Waals surface area contributed by atoms with E-state index in [2.05, 4.69) is 10.1 Å². The SMILES string of the molecule is CC(C)c1cn(Cc2ccc([S@](C)(=N)=O)cc2)c2nc(C3CC3)nn2c1=O. The van der Waals surface area contributed by atoms with Gasteiger partial charge in [0.25, 0.3) is 5.56 Å². The molecule has 0 unspecified atom stereocenters. The molecule has 3 aromatic rings. The number of nitrogens with zero attached hydrogens (tertiary/aromatic N) is 4. The van der Waals surface area contributed by atoms with E-state index in [0.717, 1.165) is 24.2 Å². The van der Waals surface area contributed by atoms with Crippen molar-refractivity contribution in [2.24, 2.45) is 0 Å². The van der Waals surface area contributed by atoms with E-state index in [4.69, 9.17) is 4.78 Å². The van der Waals surface area contributed by atoms with Crippen LogP contribution in [0.15, 0.2) is 40.2 Å². The van der Waals surface area contributed by atoms with E-state index in [1.807, 2.05) is 36.7 Å². The number of benzene rings is 1. The van der Waals surface area contributed by atoms with Crippen LogP contribution in [-0.2, 0) is 16.3 Å². The molecular formula is C19H23N5O2S. The van der Waals surface area contributed by atoms with Crippen molar-refractivity contribution < 1.29 is 4.21 Å². The van der Waals surface area contributed by atoms with Crippen LogP contribution in [0.5, 0.6) is 0 Å². The summed E-state index contributed by atoms with van der Waals surface area (Å²) in [6, 6.07) is 7.20. The van der Waals surface area contributed by atoms with Gasteiger partial charge in [-0.3, -0.25) is 4.79 Å². The fourth-order valence-corrected chi connectivity index (χ4v) is 3.78. The maximum Gasteiger partial charge on any atom is 0.279 e. The molecule has 8 heteroatoms. The van der Waals surface area contributed by atoms with E-state index < -0.39 is 9.73 Å². The first-order valence-corrected chi connectivity index (χ1v) is 11.0. The van der Waals surface area contributed by atoms with Gasteiger partial charge in [0.05, 0.1) is 16.3 Å². The van der Waals surface area contributed by atoms with Crippen LogP contribution in [0.3, 0.4) is 0 Å². The van der Waals surface area contributed by atoms with Crippen LogP contribution in [0.25, 0.3) is 5.78 Å². The minimum absolute atomic E-state index is 0.0807. The summed E-state index contributed by atoms with van der Waals surface area (Å²) in [5.74, 6) is 1.75. The molecule has 1 fully saturated rings. The van der Waals surface area contributed by atoms with Gasteiger partial charge in [-0.2, -0.15) is 9.50 Å². The molecule has 0 spiro atoms. The van der Waals surface area contributed by atoms with Gasteiger partial charge in [0.1, 0.15) is 0 Å². The molecule has 0 radical (unpaired) electrons. The number of hydrogen-bond donors (Lipinski definition) is 1. The Morgan fingerprint density at radius 1 is 1.26 bits per heavy atom. The van der Waals surface area contributed by atoms with Gasteiger partial charge in [0.2, 0.25) is 5.78 Å². The minimum atomic E-state index is -2.72. The van der Waals surface area contributed by atoms with Crippen molar-refractivity contribution in [3.63, 3.8) is 0 Å². The van der Waals surface area contributed by atoms with Crippen LogP contribution < -0.4 is 5.56 Å². The fourth-order valence-electron chi connectivity index (χ4n) is 3.12. The zero-order valence-electron chi connectivity index (χ0n) is 15.7. The summed E-state index contributed by atoms with van der Waals surface area (Å²) in [5, 5.41) is 4.48. The van der Waals surface area contributed by atoms with Gasteiger partial charge in [0, 0.05) is 28.8 Å². The third-order valence-electron chi connectivity index (χ3n) is 4.89. The number of hydrogen-bond acceptors (Lipinski definition) is 5. The molecule has 0 saturated heterocycles. The van der Waals surface area contributed by atoms with Crippen LogP contribution >= 0.6 is 0 Å². The number of nitrogens with one attached hydrogen (secondary N) is 1. The summed E-state index contributed by atoms with van der Waals surface area (Å²) < 4.78 is 22.9. The number of rotatable bonds is 5. The van der Waals surface area contributed by atoms with E-state index >= 15 is 0 Å². The fraction of sp³-hybridized carbons (Fsp3) is 0.421. The largest absolute Gasteiger partial charge is 0.312 e. The third-order valence-corrected chi connectivity index (χ3v) is 6.06. The highest BCUT2D eigenvalue weighted by Crippen LogP contribution is 2.38. The molecule has 0 amide bonds. The summed E-state index contributed by atoms with van der Waals surface area (Å²) in [7, 11) is -2.72. The van der Waals surface area contributed by atoms with E-state index in [1.165, 1.54) is 10.8 Å². The molecule has 0 aliphatic heterocycles. The first kappa shape index (κ1) is 17.9. The van der Waals surface area contributed by atoms with Gasteiger partial charge in [-0.1, -0.05) is 26.0 Å². The van der Waals surface area contributed by atoms with Crippen molar-refractivity contribution in [3.05, 3.63) is 57.8 Å². The van der Waals surface area contributed by atoms with E-state index in [9.17, 15) is 9.00 Å². The number of fused-ring (bicyclic) bond motifs is 1. The Balaban J connectivity index is 1.80. The minimum Gasteiger partial charge on any atom is -0.312 e. The molecule has 4 rings (SSSR count). The lowest BCUT2D eigenvalue weighted by Crippen LogP contribution is -2.24. The molecular weight excluding hydrogens is 362 g/mol. The second-order valence-corrected chi connectivity index (χ2v) is 9.77. The molecule has 1 saturated carbocycles. The summed E-state index contributed by atoms with van der Waals surface area (Å²) >= 11 is 0. The highest BCUT2D eigenvalue weighted by molar-refractivity contribution is 7.91. The van der Waals surface area contributed by atoms with E-state index in [-0.39, 0.29) is 11.5 Å². The lowest BCUT2D eigenvalue weighted by atomic mass is 10.1. The van der Waals surface area contributed by atoms with Gasteiger partial charge in [0.15, 0.2) is 5.82 Å². The topological polar surface area (TPSA) is 93.1 Å². The predicted octanol–water partition coefficient (Wildman–Crippen LogP) is 2.98. The van der Waals surface area contributed by atoms with Crippen molar-refractivity contribution in [2.75, 3.05) is 6.26 Å². The Hall–Kier alpha value is -2.48. The quantitative estimate of drug-likeness (QED) is 0.731. The predicted molar refractivity (Wildman–Crippen MR) is 104 cm³/mol. The maximum absolute atomic E-state index is 12.8. The second kappa shape index (κ2) is 6.30. The Bertz CT molecular complexity index is 1170. The standard InChI is InChI=1S/C19H23N5O2S/c1-12(2)16-11-23(10-13-4-8-15(9-5-13)27(3,20)26)19-21-17(14-6-7-14)22-24(19)18(16)25/h4-5,8-9,11-12,14,20H,6-7,10H2,1-3H3/t27-/m1/s1. The van der Waals surface area contributed by atoms with Crippen molar-refractivity contribution >= 4 is 15.5 Å². The molecule has 142 valence electrons. The normalized spacial score (nSPS) is 16.7. The lowest BCUT2D eigenvalue weighted by Gasteiger charge is -2.12. The molecule has 1 aliphatic carbocycles. The van der Waals surface area contributed by atoms with Crippen molar-refractivity contribution in [1.82, 2.24) is 19.2 Å². The third kappa shape index (κ3) is 3.41. The smallest absolute Gasteiger partial charge is 0.279 e. The van der Waals surface area contributed by atoms with E-state index in [0.29, 0.717) is 28.7 Å². The summed E-state index contributed by atoms with van der Waals surface area (Å²) in [4.78, 5) is 17.9. The second-order valence-electron chi connectivity index (χ2n) is 7.62. The number of aromatic nitrogens is 4. The molecule has 0 bridgehead atoms. The average Bonchev–Trinajstić information content (AvgIpc) is 3.35. The molecule has 1 atom stereocenters. The van der Waals surface area contributed by atoms with E-state index in [1.54, 1.807) is 12.1 Å². The zero-order valence-corrected chi connectivity index (χ0v) is 16.5. The first-order chi connectivity index (χ1) is 12.7. The van der Waals surface area contributed by atoms with Gasteiger partial charge in [-0.05, 0) is 36.5 Å². The highest BCUT2D eigenvalue weighted by Gasteiger charge is 2.29. The van der Waals surface area contributed by atoms with Crippen LogP contribution in [0, 0.1) is 4.78 Å². The molecule has 1 aromatic carbocycles. The summed E-state index contributed by atoms with van der Waals surface area (Å²) in [5.41, 5.74) is 1.58. The molecule has 1 N–H and O–H groups in total. The Morgan fingerprint density at radius 3 is 2.48 bits per heavy atom. The first-order valence-electron chi connectivity index (χ1n) is 9.07. The molecule has 2 aromatic heterocycles. The molecule has 1 aliphatic rings. The van der Waals surface area contributed by atoms with Crippen molar-refractivity contribution in [2.45, 2.75) is 50.0 Å². The highest BCUT2D eigenvalue weighted by atomic mass is 32.2. The monoisotopic (exact) mass is 385 g/mol. The Morgan fingerprint density at radius 2 is 1.93 bits per heavy atom. The summed E-state index contributed by atoms with van der Waals surface area (Å²) in [6.45, 7) is 4.51. The van der Waals surface area contributed by atoms with Crippen LogP contribution in [0.4, 0.5) is 0 Å². The van der Waals surface area contributed by atoms with Crippen molar-refractivity contribution in [1.29, 1.82) is 4.78 Å². The van der Waals surface area contributed by atoms with Gasteiger partial charge in [-0.25, -0.2) is 8.99 Å². The van der Waals surface area contributed by atoms with Gasteiger partial charge < -0.3 is 4.57 Å². The van der Waals surface area contributed by atoms with Gasteiger partial charge in [-0.15, -0.1) is 5.10 Å². The lowest BCUT2D eigenvalue weighted by molar-refractivity contribution is 0.678. The average molecular weight is 385 g/mol. The van der Waals surface area contributed by atoms with Crippen LogP contribution in [0.1, 0.15) is 55.5 Å². The molecule has 27 heavy (non-hydrogen) atoms. The molecule has 2 heterocycles.